The monoisotopic (exact) mass is 1020 g/mol. The molecule has 0 atom stereocenters. The van der Waals surface area contributed by atoms with E-state index in [9.17, 15) is 0 Å². The highest BCUT2D eigenvalue weighted by atomic mass is 15.0. The van der Waals surface area contributed by atoms with Crippen LogP contribution in [0.2, 0.25) is 0 Å². The fraction of sp³-hybridized carbons (Fsp3) is 0. The van der Waals surface area contributed by atoms with Gasteiger partial charge in [-0.15, -0.1) is 0 Å². The van der Waals surface area contributed by atoms with Crippen molar-refractivity contribution in [3.8, 4) is 100 Å². The molecule has 2 aromatic heterocycles. The van der Waals surface area contributed by atoms with Crippen molar-refractivity contribution in [3.05, 3.63) is 315 Å². The van der Waals surface area contributed by atoms with Crippen molar-refractivity contribution in [2.75, 3.05) is 0 Å². The molecule has 0 N–H and O–H groups in total. The largest absolute Gasteiger partial charge is 0.309 e. The number of nitrogens with zero attached hydrogens (tertiary/aromatic N) is 2. The van der Waals surface area contributed by atoms with E-state index in [0.29, 0.717) is 0 Å². The first-order valence-electron chi connectivity index (χ1n) is 27.5. The van der Waals surface area contributed by atoms with E-state index in [2.05, 4.69) is 325 Å². The maximum absolute atomic E-state index is 2.43. The highest BCUT2D eigenvalue weighted by Gasteiger charge is 2.17. The maximum Gasteiger partial charge on any atom is 0.0541 e. The Kier molecular flexibility index (Phi) is 11.6. The van der Waals surface area contributed by atoms with Crippen molar-refractivity contribution in [3.63, 3.8) is 0 Å². The van der Waals surface area contributed by atoms with E-state index in [-0.39, 0.29) is 0 Å². The van der Waals surface area contributed by atoms with Gasteiger partial charge in [-0.1, -0.05) is 231 Å². The summed E-state index contributed by atoms with van der Waals surface area (Å²) >= 11 is 0. The summed E-state index contributed by atoms with van der Waals surface area (Å²) in [4.78, 5) is 0. The zero-order valence-corrected chi connectivity index (χ0v) is 43.9. The molecule has 0 radical (unpaired) electrons. The minimum atomic E-state index is 1.13. The first-order chi connectivity index (χ1) is 39.6. The fourth-order valence-corrected chi connectivity index (χ4v) is 12.1. The van der Waals surface area contributed by atoms with E-state index in [1.54, 1.807) is 0 Å². The number of aromatic nitrogens is 2. The highest BCUT2D eigenvalue weighted by molar-refractivity contribution is 6.13. The number of benzene rings is 13. The molecule has 0 unspecified atom stereocenters. The van der Waals surface area contributed by atoms with Crippen LogP contribution in [0.15, 0.2) is 315 Å². The van der Waals surface area contributed by atoms with Crippen LogP contribution < -0.4 is 0 Å². The lowest BCUT2D eigenvalue weighted by molar-refractivity contribution is 1.18. The van der Waals surface area contributed by atoms with Crippen LogP contribution in [0, 0.1) is 0 Å². The van der Waals surface area contributed by atoms with Gasteiger partial charge in [0.25, 0.3) is 0 Å². The average Bonchev–Trinajstić information content (AvgIpc) is 4.06. The van der Waals surface area contributed by atoms with Crippen molar-refractivity contribution >= 4 is 43.6 Å². The van der Waals surface area contributed by atoms with Gasteiger partial charge < -0.3 is 9.13 Å². The van der Waals surface area contributed by atoms with Crippen LogP contribution in [-0.4, -0.2) is 9.13 Å². The average molecular weight is 1020 g/mol. The summed E-state index contributed by atoms with van der Waals surface area (Å²) in [5, 5.41) is 4.96. The second-order valence-electron chi connectivity index (χ2n) is 20.9. The maximum atomic E-state index is 2.43. The third-order valence-corrected chi connectivity index (χ3v) is 16.1. The Morgan fingerprint density at radius 2 is 0.400 bits per heavy atom. The summed E-state index contributed by atoms with van der Waals surface area (Å²) in [6.07, 6.45) is 0. The van der Waals surface area contributed by atoms with Crippen LogP contribution in [0.1, 0.15) is 0 Å². The topological polar surface area (TPSA) is 9.86 Å². The number of rotatable bonds is 10. The molecule has 0 fully saturated rings. The highest BCUT2D eigenvalue weighted by Crippen LogP contribution is 2.40. The Morgan fingerprint density at radius 1 is 0.138 bits per heavy atom. The van der Waals surface area contributed by atoms with Gasteiger partial charge in [0, 0.05) is 32.9 Å². The molecule has 0 aliphatic rings. The minimum Gasteiger partial charge on any atom is -0.309 e. The van der Waals surface area contributed by atoms with Crippen molar-refractivity contribution in [1.82, 2.24) is 9.13 Å². The standard InChI is InChI=1S/C78H52N2/c1-3-16-53(17-4-1)55-38-42-69(43-39-55)79-75-32-9-7-30-71(75)73-51-67(40-44-77(73)79)68-41-45-78-74(52-68)72-31-8-10-33-76(72)80(78)70-29-15-28-66(50-70)65-27-13-22-60(48-65)57-36-34-56(35-37-57)59-21-12-24-62(47-59)64-26-14-25-63(49-64)61-23-11-20-58(46-61)54-18-5-2-6-19-54/h1-52H. The number of para-hydroxylation sites is 2. The molecule has 0 amide bonds. The molecule has 15 rings (SSSR count). The van der Waals surface area contributed by atoms with Crippen LogP contribution >= 0.6 is 0 Å². The van der Waals surface area contributed by atoms with E-state index in [1.807, 2.05) is 0 Å². The molecule has 0 aliphatic heterocycles. The third kappa shape index (κ3) is 8.48. The lowest BCUT2D eigenvalue weighted by atomic mass is 9.94. The molecule has 2 nitrogen and oxygen atoms in total. The predicted octanol–water partition coefficient (Wildman–Crippen LogP) is 21.2. The second-order valence-corrected chi connectivity index (χ2v) is 20.9. The van der Waals surface area contributed by atoms with E-state index >= 15 is 0 Å². The SMILES string of the molecule is c1ccc(-c2ccc(-n3c4ccccc4c4cc(-c5ccc6c(c5)c5ccccc5n6-c5cccc(-c6cccc(-c7ccc(-c8cccc(-c9cccc(-c%10cccc(-c%11ccccc%11)c%10)c9)c8)cc7)c6)c5)ccc43)cc2)cc1. The molecule has 374 valence electrons. The summed E-state index contributed by atoms with van der Waals surface area (Å²) in [5.74, 6) is 0. The van der Waals surface area contributed by atoms with Gasteiger partial charge in [0.1, 0.15) is 0 Å². The predicted molar refractivity (Wildman–Crippen MR) is 339 cm³/mol. The zero-order valence-electron chi connectivity index (χ0n) is 43.9. The zero-order chi connectivity index (χ0) is 52.9. The summed E-state index contributed by atoms with van der Waals surface area (Å²) in [6, 6.07) is 115. The quantitative estimate of drug-likeness (QED) is 0.129. The van der Waals surface area contributed by atoms with Crippen LogP contribution in [0.5, 0.6) is 0 Å². The molecule has 0 bridgehead atoms. The van der Waals surface area contributed by atoms with Gasteiger partial charge in [-0.3, -0.25) is 0 Å². The molecule has 0 saturated carbocycles. The van der Waals surface area contributed by atoms with Crippen LogP contribution in [0.4, 0.5) is 0 Å². The molecule has 0 spiro atoms. The molecular weight excluding hydrogens is 965 g/mol. The number of fused-ring (bicyclic) bond motifs is 6. The van der Waals surface area contributed by atoms with Crippen molar-refractivity contribution in [2.24, 2.45) is 0 Å². The smallest absolute Gasteiger partial charge is 0.0541 e. The molecule has 0 aliphatic carbocycles. The van der Waals surface area contributed by atoms with Crippen molar-refractivity contribution in [2.45, 2.75) is 0 Å². The van der Waals surface area contributed by atoms with Gasteiger partial charge in [0.15, 0.2) is 0 Å². The third-order valence-electron chi connectivity index (χ3n) is 16.1. The Morgan fingerprint density at radius 3 is 0.838 bits per heavy atom. The van der Waals surface area contributed by atoms with Crippen molar-refractivity contribution < 1.29 is 0 Å². The summed E-state index contributed by atoms with van der Waals surface area (Å²) in [6.45, 7) is 0. The Balaban J connectivity index is 0.708. The molecule has 13 aromatic carbocycles. The van der Waals surface area contributed by atoms with E-state index in [1.165, 1.54) is 133 Å². The van der Waals surface area contributed by atoms with Gasteiger partial charge in [-0.25, -0.2) is 0 Å². The van der Waals surface area contributed by atoms with Gasteiger partial charge in [-0.2, -0.15) is 0 Å². The molecule has 15 aromatic rings. The summed E-state index contributed by atoms with van der Waals surface area (Å²) in [5.41, 5.74) is 26.3. The van der Waals surface area contributed by atoms with Gasteiger partial charge in [0.05, 0.1) is 22.1 Å². The first-order valence-corrected chi connectivity index (χ1v) is 27.5. The minimum absolute atomic E-state index is 1.13. The number of hydrogen-bond acceptors (Lipinski definition) is 0. The normalized spacial score (nSPS) is 11.5. The van der Waals surface area contributed by atoms with Crippen LogP contribution in [0.3, 0.4) is 0 Å². The first kappa shape index (κ1) is 46.7. The fourth-order valence-electron chi connectivity index (χ4n) is 12.1. The van der Waals surface area contributed by atoms with E-state index in [4.69, 9.17) is 0 Å². The van der Waals surface area contributed by atoms with Crippen molar-refractivity contribution in [1.29, 1.82) is 0 Å². The summed E-state index contributed by atoms with van der Waals surface area (Å²) in [7, 11) is 0. The lowest BCUT2D eigenvalue weighted by Crippen LogP contribution is -1.94. The van der Waals surface area contributed by atoms with E-state index in [0.717, 1.165) is 11.4 Å². The molecular formula is C78H52N2. The van der Waals surface area contributed by atoms with E-state index < -0.39 is 0 Å². The van der Waals surface area contributed by atoms with Gasteiger partial charge in [0.2, 0.25) is 0 Å². The Labute approximate surface area is 466 Å². The van der Waals surface area contributed by atoms with Gasteiger partial charge in [-0.05, 0) is 174 Å². The van der Waals surface area contributed by atoms with Crippen LogP contribution in [-0.2, 0) is 0 Å². The number of hydrogen-bond donors (Lipinski definition) is 0. The lowest BCUT2D eigenvalue weighted by Gasteiger charge is -2.12. The molecule has 80 heavy (non-hydrogen) atoms. The Hall–Kier alpha value is -10.5. The molecule has 2 heteroatoms. The molecule has 0 saturated heterocycles. The Bertz CT molecular complexity index is 4790. The summed E-state index contributed by atoms with van der Waals surface area (Å²) < 4.78 is 4.83. The second kappa shape index (κ2) is 19.8. The van der Waals surface area contributed by atoms with Gasteiger partial charge >= 0.3 is 0 Å². The van der Waals surface area contributed by atoms with Crippen LogP contribution in [0.25, 0.3) is 144 Å². The molecule has 2 heterocycles.